The molecule has 9 nitrogen and oxygen atoms in total. The van der Waals surface area contributed by atoms with E-state index in [0.717, 1.165) is 0 Å². The Morgan fingerprint density at radius 2 is 1.49 bits per heavy atom. The van der Waals surface area contributed by atoms with E-state index < -0.39 is 15.9 Å². The number of furan rings is 1. The molecule has 5 rings (SSSR count). The van der Waals surface area contributed by atoms with E-state index in [1.807, 2.05) is 42.5 Å². The van der Waals surface area contributed by atoms with Gasteiger partial charge in [0.25, 0.3) is 15.9 Å². The number of nitrogens with one attached hydrogen (secondary N) is 2. The van der Waals surface area contributed by atoms with Crippen LogP contribution in [0.4, 0.5) is 11.6 Å². The largest absolute Gasteiger partial charge is 0.486 e. The van der Waals surface area contributed by atoms with Crippen LogP contribution in [0.15, 0.2) is 119 Å². The lowest BCUT2D eigenvalue weighted by Gasteiger charge is -2.26. The molecule has 0 aliphatic carbocycles. The highest BCUT2D eigenvalue weighted by molar-refractivity contribution is 7.92. The fourth-order valence-corrected chi connectivity index (χ4v) is 5.12. The van der Waals surface area contributed by atoms with Crippen LogP contribution >= 0.6 is 0 Å². The molecule has 0 atom stereocenters. The van der Waals surface area contributed by atoms with Gasteiger partial charge in [-0.1, -0.05) is 56.3 Å². The molecule has 0 saturated carbocycles. The van der Waals surface area contributed by atoms with Crippen LogP contribution in [0.1, 0.15) is 41.3 Å². The summed E-state index contributed by atoms with van der Waals surface area (Å²) in [6.07, 6.45) is 2.86. The van der Waals surface area contributed by atoms with Crippen molar-refractivity contribution in [3.63, 3.8) is 0 Å². The van der Waals surface area contributed by atoms with Crippen molar-refractivity contribution < 1.29 is 22.4 Å². The quantitative estimate of drug-likeness (QED) is 0.211. The molecule has 10 heteroatoms. The Morgan fingerprint density at radius 1 is 0.829 bits per heavy atom. The number of benzene rings is 3. The van der Waals surface area contributed by atoms with Crippen LogP contribution in [-0.2, 0) is 22.0 Å². The smallest absolute Gasteiger partial charge is 0.291 e. The molecule has 0 bridgehead atoms. The zero-order chi connectivity index (χ0) is 28.9. The van der Waals surface area contributed by atoms with E-state index in [4.69, 9.17) is 9.15 Å². The van der Waals surface area contributed by atoms with E-state index in [1.165, 1.54) is 47.8 Å². The van der Waals surface area contributed by atoms with Crippen molar-refractivity contribution in [2.45, 2.75) is 30.8 Å². The number of hydrogen-bond donors (Lipinski definition) is 2. The summed E-state index contributed by atoms with van der Waals surface area (Å²) in [5, 5.41) is 2.69. The number of amides is 1. The molecule has 2 N–H and O–H groups in total. The van der Waals surface area contributed by atoms with Gasteiger partial charge in [-0.15, -0.1) is 0 Å². The fraction of sp³-hybridized carbons (Fsp3) is 0.129. The van der Waals surface area contributed by atoms with Gasteiger partial charge < -0.3 is 14.5 Å². The van der Waals surface area contributed by atoms with Crippen LogP contribution in [0.3, 0.4) is 0 Å². The van der Waals surface area contributed by atoms with Crippen LogP contribution < -0.4 is 14.8 Å². The van der Waals surface area contributed by atoms with Gasteiger partial charge in [0.05, 0.1) is 4.90 Å². The highest BCUT2D eigenvalue weighted by Crippen LogP contribution is 2.32. The summed E-state index contributed by atoms with van der Waals surface area (Å²) < 4.78 is 38.9. The SMILES string of the molecule is CC(C)(c1ccccc1)c1ccc(OCc2ccc(C(=O)Nc3ccc(S(=O)(=O)Nc4ncccn4)cc3)o2)cc1. The van der Waals surface area contributed by atoms with Crippen LogP contribution in [0, 0.1) is 0 Å². The second-order valence-electron chi connectivity index (χ2n) is 9.73. The van der Waals surface area contributed by atoms with Gasteiger partial charge in [-0.2, -0.15) is 0 Å². The molecule has 0 spiro atoms. The Kier molecular flexibility index (Phi) is 7.84. The van der Waals surface area contributed by atoms with Gasteiger partial charge in [0.15, 0.2) is 5.76 Å². The summed E-state index contributed by atoms with van der Waals surface area (Å²) in [6, 6.07) is 28.8. The third-order valence-corrected chi connectivity index (χ3v) is 7.90. The maximum Gasteiger partial charge on any atom is 0.291 e. The number of hydrogen-bond acceptors (Lipinski definition) is 7. The number of carbonyl (C=O) groups excluding carboxylic acids is 1. The highest BCUT2D eigenvalue weighted by atomic mass is 32.2. The molecule has 1 amide bonds. The van der Waals surface area contributed by atoms with E-state index in [9.17, 15) is 13.2 Å². The first-order chi connectivity index (χ1) is 19.7. The van der Waals surface area contributed by atoms with Crippen LogP contribution in [0.25, 0.3) is 0 Å². The number of sulfonamides is 1. The third kappa shape index (κ3) is 6.62. The van der Waals surface area contributed by atoms with Crippen LogP contribution in [-0.4, -0.2) is 24.3 Å². The molecule has 2 heterocycles. The van der Waals surface area contributed by atoms with Crippen molar-refractivity contribution in [3.05, 3.63) is 132 Å². The molecule has 41 heavy (non-hydrogen) atoms. The Balaban J connectivity index is 1.16. The van der Waals surface area contributed by atoms with Crippen molar-refractivity contribution in [2.24, 2.45) is 0 Å². The molecule has 5 aromatic rings. The van der Waals surface area contributed by atoms with Crippen molar-refractivity contribution in [1.82, 2.24) is 9.97 Å². The number of aromatic nitrogens is 2. The average molecular weight is 569 g/mol. The van der Waals surface area contributed by atoms with E-state index in [1.54, 1.807) is 18.2 Å². The zero-order valence-electron chi connectivity index (χ0n) is 22.4. The fourth-order valence-electron chi connectivity index (χ4n) is 4.16. The van der Waals surface area contributed by atoms with Crippen molar-refractivity contribution in [3.8, 4) is 5.75 Å². The third-order valence-electron chi connectivity index (χ3n) is 6.55. The first-order valence-electron chi connectivity index (χ1n) is 12.8. The number of anilines is 2. The molecule has 0 unspecified atom stereocenters. The molecule has 0 fully saturated rings. The molecule has 2 aromatic heterocycles. The van der Waals surface area contributed by atoms with E-state index in [-0.39, 0.29) is 28.6 Å². The second kappa shape index (κ2) is 11.6. The molecular weight excluding hydrogens is 540 g/mol. The Morgan fingerprint density at radius 3 is 2.17 bits per heavy atom. The monoisotopic (exact) mass is 568 g/mol. The summed E-state index contributed by atoms with van der Waals surface area (Å²) in [7, 11) is -3.88. The average Bonchev–Trinajstić information content (AvgIpc) is 3.47. The lowest BCUT2D eigenvalue weighted by atomic mass is 9.78. The van der Waals surface area contributed by atoms with Gasteiger partial charge in [0.1, 0.15) is 18.1 Å². The summed E-state index contributed by atoms with van der Waals surface area (Å²) in [5.74, 6) is 0.757. The van der Waals surface area contributed by atoms with Gasteiger partial charge in [-0.3, -0.25) is 4.79 Å². The maximum atomic E-state index is 12.7. The second-order valence-corrected chi connectivity index (χ2v) is 11.4. The molecule has 0 saturated heterocycles. The molecule has 3 aromatic carbocycles. The van der Waals surface area contributed by atoms with Crippen LogP contribution in [0.2, 0.25) is 0 Å². The predicted octanol–water partition coefficient (Wildman–Crippen LogP) is 6.03. The lowest BCUT2D eigenvalue weighted by Crippen LogP contribution is -2.18. The number of ether oxygens (including phenoxy) is 1. The van der Waals surface area contributed by atoms with Crippen molar-refractivity contribution in [1.29, 1.82) is 0 Å². The number of carbonyl (C=O) groups is 1. The molecule has 0 aliphatic heterocycles. The van der Waals surface area contributed by atoms with E-state index >= 15 is 0 Å². The summed E-state index contributed by atoms with van der Waals surface area (Å²) in [4.78, 5) is 20.4. The summed E-state index contributed by atoms with van der Waals surface area (Å²) in [5.41, 5.74) is 2.65. The predicted molar refractivity (Wildman–Crippen MR) is 155 cm³/mol. The Bertz CT molecular complexity index is 1720. The Labute approximate surface area is 238 Å². The molecule has 208 valence electrons. The molecule has 0 aliphatic rings. The van der Waals surface area contributed by atoms with Crippen molar-refractivity contribution in [2.75, 3.05) is 10.0 Å². The first kappa shape index (κ1) is 27.6. The van der Waals surface area contributed by atoms with Gasteiger partial charge in [-0.25, -0.2) is 23.1 Å². The molecular formula is C31H28N4O5S. The van der Waals surface area contributed by atoms with Gasteiger partial charge in [0, 0.05) is 23.5 Å². The molecule has 0 radical (unpaired) electrons. The lowest BCUT2D eigenvalue weighted by molar-refractivity contribution is 0.0992. The number of rotatable bonds is 10. The minimum atomic E-state index is -3.88. The zero-order valence-corrected chi connectivity index (χ0v) is 23.3. The minimum absolute atomic E-state index is 0.00273. The van der Waals surface area contributed by atoms with Gasteiger partial charge in [-0.05, 0) is 65.7 Å². The van der Waals surface area contributed by atoms with Crippen molar-refractivity contribution >= 4 is 27.6 Å². The van der Waals surface area contributed by atoms with E-state index in [2.05, 4.69) is 46.0 Å². The van der Waals surface area contributed by atoms with Gasteiger partial charge in [0.2, 0.25) is 5.95 Å². The van der Waals surface area contributed by atoms with Gasteiger partial charge >= 0.3 is 0 Å². The minimum Gasteiger partial charge on any atom is -0.486 e. The normalized spacial score (nSPS) is 11.6. The summed E-state index contributed by atoms with van der Waals surface area (Å²) >= 11 is 0. The topological polar surface area (TPSA) is 123 Å². The Hall–Kier alpha value is -4.96. The highest BCUT2D eigenvalue weighted by Gasteiger charge is 2.23. The standard InChI is InChI=1S/C31H28N4O5S/c1-31(2,22-7-4-3-5-8-22)23-9-13-25(14-10-23)39-21-26-15-18-28(40-26)29(36)34-24-11-16-27(17-12-24)41(37,38)35-30-32-19-6-20-33-30/h3-20H,21H2,1-2H3,(H,34,36)(H,32,33,35). The van der Waals surface area contributed by atoms with E-state index in [0.29, 0.717) is 17.2 Å². The number of nitrogens with zero attached hydrogens (tertiary/aromatic N) is 2. The maximum absolute atomic E-state index is 12.7. The summed E-state index contributed by atoms with van der Waals surface area (Å²) in [6.45, 7) is 4.52. The first-order valence-corrected chi connectivity index (χ1v) is 14.3. The van der Waals surface area contributed by atoms with Crippen LogP contribution in [0.5, 0.6) is 5.75 Å².